The third kappa shape index (κ3) is 2.69. The van der Waals surface area contributed by atoms with E-state index < -0.39 is 0 Å². The maximum absolute atomic E-state index is 3.63. The van der Waals surface area contributed by atoms with Crippen molar-refractivity contribution in [3.8, 4) is 0 Å². The van der Waals surface area contributed by atoms with E-state index in [1.807, 2.05) is 0 Å². The first-order valence-electron chi connectivity index (χ1n) is 5.39. The highest BCUT2D eigenvalue weighted by molar-refractivity contribution is 9.49. The lowest BCUT2D eigenvalue weighted by atomic mass is 9.77. The zero-order chi connectivity index (χ0) is 11.5. The average molecular weight is 340 g/mol. The lowest BCUT2D eigenvalue weighted by molar-refractivity contribution is 1.11. The largest absolute Gasteiger partial charge is 0.326 e. The first kappa shape index (κ1) is 12.2. The first-order valence-corrected chi connectivity index (χ1v) is 7.22. The number of allylic oxidation sites excluding steroid dienone is 4. The van der Waals surface area contributed by atoms with Gasteiger partial charge in [0.15, 0.2) is 0 Å². The summed E-state index contributed by atoms with van der Waals surface area (Å²) >= 11 is 7.27. The maximum atomic E-state index is 3.63. The van der Waals surface area contributed by atoms with Crippen molar-refractivity contribution in [3.05, 3.63) is 53.0 Å². The SMILES string of the molecule is CC1=CCC(c2ccccc2)=C(B(Br)Br)C1. The third-order valence-electron chi connectivity index (χ3n) is 2.90. The maximum Gasteiger partial charge on any atom is 0.326 e. The van der Waals surface area contributed by atoms with Crippen LogP contribution >= 0.6 is 31.5 Å². The predicted octanol–water partition coefficient (Wildman–Crippen LogP) is 5.00. The third-order valence-corrected chi connectivity index (χ3v) is 4.00. The van der Waals surface area contributed by atoms with Gasteiger partial charge in [0.25, 0.3) is 0 Å². The van der Waals surface area contributed by atoms with Gasteiger partial charge in [0.05, 0.1) is 0 Å². The molecule has 0 bridgehead atoms. The summed E-state index contributed by atoms with van der Waals surface area (Å²) in [5, 5.41) is 0. The van der Waals surface area contributed by atoms with Crippen LogP contribution in [0.25, 0.3) is 5.57 Å². The Morgan fingerprint density at radius 1 is 1.12 bits per heavy atom. The second kappa shape index (κ2) is 5.37. The summed E-state index contributed by atoms with van der Waals surface area (Å²) in [7, 11) is 0. The van der Waals surface area contributed by atoms with Crippen LogP contribution in [0.4, 0.5) is 0 Å². The monoisotopic (exact) mass is 338 g/mol. The molecule has 3 heteroatoms. The van der Waals surface area contributed by atoms with E-state index >= 15 is 0 Å². The molecule has 16 heavy (non-hydrogen) atoms. The molecule has 0 atom stereocenters. The zero-order valence-corrected chi connectivity index (χ0v) is 12.4. The van der Waals surface area contributed by atoms with E-state index in [1.54, 1.807) is 0 Å². The minimum atomic E-state index is 0.277. The Kier molecular flexibility index (Phi) is 4.09. The van der Waals surface area contributed by atoms with Gasteiger partial charge in [0.1, 0.15) is 0 Å². The van der Waals surface area contributed by atoms with Crippen molar-refractivity contribution >= 4 is 41.4 Å². The van der Waals surface area contributed by atoms with Crippen LogP contribution in [0.1, 0.15) is 25.3 Å². The molecule has 0 heterocycles. The smallest absolute Gasteiger partial charge is 0.133 e. The molecule has 0 fully saturated rings. The molecule has 1 aliphatic carbocycles. The van der Waals surface area contributed by atoms with Crippen molar-refractivity contribution < 1.29 is 0 Å². The number of hydrogen-bond acceptors (Lipinski definition) is 0. The second-order valence-corrected chi connectivity index (χ2v) is 7.16. The lowest BCUT2D eigenvalue weighted by Gasteiger charge is -2.20. The molecule has 0 unspecified atom stereocenters. The molecule has 1 aliphatic rings. The van der Waals surface area contributed by atoms with Crippen molar-refractivity contribution in [3.63, 3.8) is 0 Å². The van der Waals surface area contributed by atoms with Gasteiger partial charge in [-0.05, 0) is 30.9 Å². The molecular weight excluding hydrogens is 327 g/mol. The molecule has 0 N–H and O–H groups in total. The van der Waals surface area contributed by atoms with Crippen molar-refractivity contribution in [2.45, 2.75) is 19.8 Å². The van der Waals surface area contributed by atoms with E-state index in [1.165, 1.54) is 22.2 Å². The molecule has 0 aromatic heterocycles. The van der Waals surface area contributed by atoms with Gasteiger partial charge < -0.3 is 0 Å². The molecule has 2 rings (SSSR count). The van der Waals surface area contributed by atoms with Gasteiger partial charge in [-0.2, -0.15) is 0 Å². The summed E-state index contributed by atoms with van der Waals surface area (Å²) in [4.78, 5) is 0. The van der Waals surface area contributed by atoms with Crippen molar-refractivity contribution in [1.82, 2.24) is 0 Å². The van der Waals surface area contributed by atoms with E-state index in [4.69, 9.17) is 0 Å². The van der Waals surface area contributed by atoms with Gasteiger partial charge in [-0.15, -0.1) is 31.5 Å². The average Bonchev–Trinajstić information content (AvgIpc) is 2.30. The molecule has 1 aromatic rings. The van der Waals surface area contributed by atoms with Crippen LogP contribution in [0.2, 0.25) is 0 Å². The fourth-order valence-corrected chi connectivity index (χ4v) is 2.91. The topological polar surface area (TPSA) is 0 Å². The van der Waals surface area contributed by atoms with Gasteiger partial charge in [0, 0.05) is 0 Å². The van der Waals surface area contributed by atoms with Crippen molar-refractivity contribution in [2.24, 2.45) is 0 Å². The van der Waals surface area contributed by atoms with Gasteiger partial charge in [-0.1, -0.05) is 47.5 Å². The van der Waals surface area contributed by atoms with Crippen LogP contribution in [0.3, 0.4) is 0 Å². The number of halogens is 2. The van der Waals surface area contributed by atoms with Crippen molar-refractivity contribution in [1.29, 1.82) is 0 Å². The summed E-state index contributed by atoms with van der Waals surface area (Å²) in [6.45, 7) is 2.20. The molecule has 0 saturated carbocycles. The number of rotatable bonds is 2. The van der Waals surface area contributed by atoms with E-state index in [2.05, 4.69) is 74.8 Å². The standard InChI is InChI=1S/C13H13BBr2/c1-10-7-8-12(13(9-10)14(15)16)11-5-3-2-4-6-11/h2-7H,8-9H2,1H3. The summed E-state index contributed by atoms with van der Waals surface area (Å²) in [5.74, 6) is 0. The second-order valence-electron chi connectivity index (χ2n) is 4.10. The van der Waals surface area contributed by atoms with Crippen LogP contribution in [0, 0.1) is 0 Å². The van der Waals surface area contributed by atoms with Crippen LogP contribution in [-0.4, -0.2) is 4.36 Å². The molecule has 0 amide bonds. The van der Waals surface area contributed by atoms with Gasteiger partial charge in [0.2, 0.25) is 0 Å². The van der Waals surface area contributed by atoms with Crippen molar-refractivity contribution in [2.75, 3.05) is 0 Å². The summed E-state index contributed by atoms with van der Waals surface area (Å²) in [6.07, 6.45) is 4.43. The number of benzene rings is 1. The fourth-order valence-electron chi connectivity index (χ4n) is 2.04. The quantitative estimate of drug-likeness (QED) is 0.525. The van der Waals surface area contributed by atoms with E-state index in [-0.39, 0.29) is 4.36 Å². The Hall–Kier alpha value is -0.275. The number of hydrogen-bond donors (Lipinski definition) is 0. The van der Waals surface area contributed by atoms with Crippen LogP contribution < -0.4 is 0 Å². The van der Waals surface area contributed by atoms with Gasteiger partial charge >= 0.3 is 4.36 Å². The fraction of sp³-hybridized carbons (Fsp3) is 0.231. The Bertz CT molecular complexity index is 433. The highest BCUT2D eigenvalue weighted by Gasteiger charge is 2.20. The van der Waals surface area contributed by atoms with Crippen LogP contribution in [-0.2, 0) is 0 Å². The molecule has 0 saturated heterocycles. The highest BCUT2D eigenvalue weighted by Crippen LogP contribution is 2.35. The Labute approximate surface area is 114 Å². The molecule has 0 nitrogen and oxygen atoms in total. The minimum absolute atomic E-state index is 0.277. The predicted molar refractivity (Wildman–Crippen MR) is 80.0 cm³/mol. The van der Waals surface area contributed by atoms with Gasteiger partial charge in [-0.3, -0.25) is 0 Å². The Morgan fingerprint density at radius 2 is 1.81 bits per heavy atom. The van der Waals surface area contributed by atoms with E-state index in [0.29, 0.717) is 0 Å². The summed E-state index contributed by atoms with van der Waals surface area (Å²) in [5.41, 5.74) is 5.69. The summed E-state index contributed by atoms with van der Waals surface area (Å²) in [6, 6.07) is 10.6. The normalized spacial score (nSPS) is 16.1. The zero-order valence-electron chi connectivity index (χ0n) is 9.21. The lowest BCUT2D eigenvalue weighted by Crippen LogP contribution is -2.07. The molecule has 82 valence electrons. The molecular formula is C13H13BBr2. The minimum Gasteiger partial charge on any atom is -0.133 e. The summed E-state index contributed by atoms with van der Waals surface area (Å²) < 4.78 is 0.277. The van der Waals surface area contributed by atoms with Crippen LogP contribution in [0.5, 0.6) is 0 Å². The molecule has 0 spiro atoms. The molecule has 0 aliphatic heterocycles. The molecule has 1 aromatic carbocycles. The van der Waals surface area contributed by atoms with E-state index in [0.717, 1.165) is 12.8 Å². The van der Waals surface area contributed by atoms with Gasteiger partial charge in [-0.25, -0.2) is 0 Å². The molecule has 0 radical (unpaired) electrons. The Morgan fingerprint density at radius 3 is 2.44 bits per heavy atom. The Balaban J connectivity index is 2.41. The van der Waals surface area contributed by atoms with Crippen LogP contribution in [0.15, 0.2) is 47.5 Å². The highest BCUT2D eigenvalue weighted by atomic mass is 79.9. The first-order chi connectivity index (χ1) is 7.68. The van der Waals surface area contributed by atoms with E-state index in [9.17, 15) is 0 Å².